The van der Waals surface area contributed by atoms with Crippen LogP contribution >= 0.6 is 0 Å². The number of aldehydes is 1. The number of benzene rings is 1. The van der Waals surface area contributed by atoms with Crippen LogP contribution in [0, 0.1) is 0 Å². The molecule has 0 unspecified atom stereocenters. The highest BCUT2D eigenvalue weighted by Gasteiger charge is 1.95. The zero-order valence-corrected chi connectivity index (χ0v) is 11.1. The maximum Gasteiger partial charge on any atom is 0.305 e. The van der Waals surface area contributed by atoms with Crippen molar-refractivity contribution in [1.29, 1.82) is 0 Å². The summed E-state index contributed by atoms with van der Waals surface area (Å²) in [5.41, 5.74) is 0.667. The van der Waals surface area contributed by atoms with Gasteiger partial charge in [0.05, 0.1) is 13.7 Å². The lowest BCUT2D eigenvalue weighted by Gasteiger charge is -1.96. The van der Waals surface area contributed by atoms with Crippen LogP contribution in [0.3, 0.4) is 0 Å². The molecular formula is C14H20O4. The molecule has 1 aromatic rings. The van der Waals surface area contributed by atoms with Gasteiger partial charge in [-0.2, -0.15) is 0 Å². The zero-order valence-electron chi connectivity index (χ0n) is 11.1. The van der Waals surface area contributed by atoms with Gasteiger partial charge in [-0.3, -0.25) is 9.59 Å². The average molecular weight is 252 g/mol. The third kappa shape index (κ3) is 7.44. The van der Waals surface area contributed by atoms with Gasteiger partial charge < -0.3 is 9.47 Å². The number of carbonyl (C=O) groups is 2. The second-order valence-corrected chi connectivity index (χ2v) is 3.45. The van der Waals surface area contributed by atoms with E-state index in [0.717, 1.165) is 18.5 Å². The largest absolute Gasteiger partial charge is 0.497 e. The van der Waals surface area contributed by atoms with Crippen LogP contribution in [0.2, 0.25) is 0 Å². The molecule has 0 aliphatic rings. The van der Waals surface area contributed by atoms with Crippen LogP contribution in [0.15, 0.2) is 24.3 Å². The van der Waals surface area contributed by atoms with Gasteiger partial charge in [-0.1, -0.05) is 6.92 Å². The van der Waals surface area contributed by atoms with Crippen LogP contribution in [0.4, 0.5) is 0 Å². The quantitative estimate of drug-likeness (QED) is 0.597. The second kappa shape index (κ2) is 10.3. The van der Waals surface area contributed by atoms with Gasteiger partial charge in [0.15, 0.2) is 0 Å². The van der Waals surface area contributed by atoms with Gasteiger partial charge in [-0.15, -0.1) is 0 Å². The van der Waals surface area contributed by atoms with Crippen LogP contribution in [-0.4, -0.2) is 26.0 Å². The van der Waals surface area contributed by atoms with Crippen molar-refractivity contribution in [3.8, 4) is 5.75 Å². The Morgan fingerprint density at radius 1 is 1.22 bits per heavy atom. The van der Waals surface area contributed by atoms with Gasteiger partial charge in [-0.05, 0) is 37.6 Å². The van der Waals surface area contributed by atoms with Crippen molar-refractivity contribution in [3.63, 3.8) is 0 Å². The smallest absolute Gasteiger partial charge is 0.305 e. The van der Waals surface area contributed by atoms with E-state index in [1.807, 2.05) is 13.8 Å². The van der Waals surface area contributed by atoms with Gasteiger partial charge in [-0.25, -0.2) is 0 Å². The third-order valence-corrected chi connectivity index (χ3v) is 2.01. The normalized spacial score (nSPS) is 8.83. The van der Waals surface area contributed by atoms with E-state index < -0.39 is 0 Å². The maximum atomic E-state index is 10.4. The van der Waals surface area contributed by atoms with E-state index >= 15 is 0 Å². The van der Waals surface area contributed by atoms with Crippen LogP contribution in [0.25, 0.3) is 0 Å². The Balaban J connectivity index is 0.000000331. The Labute approximate surface area is 108 Å². The molecule has 0 aliphatic heterocycles. The number of hydrogen-bond acceptors (Lipinski definition) is 4. The number of rotatable bonds is 5. The molecule has 0 N–H and O–H groups in total. The predicted molar refractivity (Wildman–Crippen MR) is 69.9 cm³/mol. The van der Waals surface area contributed by atoms with Crippen molar-refractivity contribution in [2.45, 2.75) is 26.7 Å². The number of esters is 1. The second-order valence-electron chi connectivity index (χ2n) is 3.45. The van der Waals surface area contributed by atoms with Crippen molar-refractivity contribution in [2.75, 3.05) is 13.7 Å². The van der Waals surface area contributed by atoms with E-state index in [1.165, 1.54) is 0 Å². The first-order valence-corrected chi connectivity index (χ1v) is 5.92. The van der Waals surface area contributed by atoms with E-state index in [9.17, 15) is 9.59 Å². The SMILES string of the molecule is CCCC(=O)OCC.COc1ccc(C=O)cc1. The highest BCUT2D eigenvalue weighted by molar-refractivity contribution is 5.74. The molecule has 0 heterocycles. The molecule has 4 nitrogen and oxygen atoms in total. The Hall–Kier alpha value is -1.84. The standard InChI is InChI=1S/C8H8O2.C6H12O2/c1-10-8-4-2-7(6-9)3-5-8;1-3-5-6(7)8-4-2/h2-6H,1H3;3-5H2,1-2H3. The molecule has 1 rings (SSSR count). The maximum absolute atomic E-state index is 10.4. The molecule has 1 aromatic carbocycles. The fourth-order valence-corrected chi connectivity index (χ4v) is 1.12. The molecular weight excluding hydrogens is 232 g/mol. The van der Waals surface area contributed by atoms with E-state index in [2.05, 4.69) is 4.74 Å². The van der Waals surface area contributed by atoms with E-state index in [-0.39, 0.29) is 5.97 Å². The fourth-order valence-electron chi connectivity index (χ4n) is 1.12. The van der Waals surface area contributed by atoms with Crippen LogP contribution in [0.1, 0.15) is 37.0 Å². The molecule has 0 aromatic heterocycles. The summed E-state index contributed by atoms with van der Waals surface area (Å²) in [6.07, 6.45) is 2.23. The Morgan fingerprint density at radius 2 is 1.83 bits per heavy atom. The van der Waals surface area contributed by atoms with Gasteiger partial charge >= 0.3 is 5.97 Å². The van der Waals surface area contributed by atoms with E-state index in [4.69, 9.17) is 4.74 Å². The summed E-state index contributed by atoms with van der Waals surface area (Å²) in [7, 11) is 1.59. The lowest BCUT2D eigenvalue weighted by molar-refractivity contribution is -0.143. The highest BCUT2D eigenvalue weighted by atomic mass is 16.5. The molecule has 0 fully saturated rings. The summed E-state index contributed by atoms with van der Waals surface area (Å²) in [6.45, 7) is 4.27. The molecule has 0 aliphatic carbocycles. The van der Waals surface area contributed by atoms with Crippen molar-refractivity contribution in [3.05, 3.63) is 29.8 Å². The zero-order chi connectivity index (χ0) is 13.8. The van der Waals surface area contributed by atoms with Crippen LogP contribution in [-0.2, 0) is 9.53 Å². The lowest BCUT2D eigenvalue weighted by atomic mass is 10.2. The topological polar surface area (TPSA) is 52.6 Å². The summed E-state index contributed by atoms with van der Waals surface area (Å²) in [6, 6.07) is 6.94. The first kappa shape index (κ1) is 16.2. The minimum Gasteiger partial charge on any atom is -0.497 e. The minimum atomic E-state index is -0.0880. The summed E-state index contributed by atoms with van der Waals surface area (Å²) in [4.78, 5) is 20.6. The minimum absolute atomic E-state index is 0.0880. The van der Waals surface area contributed by atoms with Crippen molar-refractivity contribution in [1.82, 2.24) is 0 Å². The van der Waals surface area contributed by atoms with Gasteiger partial charge in [0.2, 0.25) is 0 Å². The first-order chi connectivity index (χ1) is 8.67. The Morgan fingerprint density at radius 3 is 2.22 bits per heavy atom. The fraction of sp³-hybridized carbons (Fsp3) is 0.429. The van der Waals surface area contributed by atoms with Gasteiger partial charge in [0.1, 0.15) is 12.0 Å². The monoisotopic (exact) mass is 252 g/mol. The summed E-state index contributed by atoms with van der Waals surface area (Å²) >= 11 is 0. The van der Waals surface area contributed by atoms with Gasteiger partial charge in [0, 0.05) is 12.0 Å². The summed E-state index contributed by atoms with van der Waals surface area (Å²) in [5, 5.41) is 0. The van der Waals surface area contributed by atoms with E-state index in [0.29, 0.717) is 18.6 Å². The van der Waals surface area contributed by atoms with E-state index in [1.54, 1.807) is 31.4 Å². The lowest BCUT2D eigenvalue weighted by Crippen LogP contribution is -2.01. The molecule has 0 radical (unpaired) electrons. The summed E-state index contributed by atoms with van der Waals surface area (Å²) < 4.78 is 9.54. The molecule has 100 valence electrons. The van der Waals surface area contributed by atoms with Crippen molar-refractivity contribution < 1.29 is 19.1 Å². The third-order valence-electron chi connectivity index (χ3n) is 2.01. The first-order valence-electron chi connectivity index (χ1n) is 5.92. The van der Waals surface area contributed by atoms with Crippen LogP contribution in [0.5, 0.6) is 5.75 Å². The van der Waals surface area contributed by atoms with Gasteiger partial charge in [0.25, 0.3) is 0 Å². The molecule has 0 saturated heterocycles. The number of ether oxygens (including phenoxy) is 2. The molecule has 0 atom stereocenters. The molecule has 0 amide bonds. The molecule has 18 heavy (non-hydrogen) atoms. The van der Waals surface area contributed by atoms with Crippen molar-refractivity contribution >= 4 is 12.3 Å². The highest BCUT2D eigenvalue weighted by Crippen LogP contribution is 2.09. The number of hydrogen-bond donors (Lipinski definition) is 0. The van der Waals surface area contributed by atoms with Crippen LogP contribution < -0.4 is 4.74 Å². The molecule has 0 bridgehead atoms. The molecule has 0 spiro atoms. The summed E-state index contributed by atoms with van der Waals surface area (Å²) in [5.74, 6) is 0.681. The molecule has 4 heteroatoms. The predicted octanol–water partition coefficient (Wildman–Crippen LogP) is 2.86. The Bertz CT molecular complexity index is 335. The average Bonchev–Trinajstić information content (AvgIpc) is 2.40. The molecule has 0 saturated carbocycles. The number of carbonyl (C=O) groups excluding carboxylic acids is 2. The van der Waals surface area contributed by atoms with Crippen molar-refractivity contribution in [2.24, 2.45) is 0 Å². The number of methoxy groups -OCH3 is 1. The Kier molecular flexibility index (Phi) is 9.27.